The highest BCUT2D eigenvalue weighted by Crippen LogP contribution is 2.38. The van der Waals surface area contributed by atoms with E-state index in [-0.39, 0.29) is 0 Å². The van der Waals surface area contributed by atoms with Gasteiger partial charge in [0.2, 0.25) is 5.69 Å². The molecule has 0 aliphatic rings. The van der Waals surface area contributed by atoms with Crippen LogP contribution in [-0.2, 0) is 7.05 Å². The maximum Gasteiger partial charge on any atom is 0.217 e. The van der Waals surface area contributed by atoms with Gasteiger partial charge in [-0.3, -0.25) is 4.98 Å². The molecule has 0 saturated carbocycles. The van der Waals surface area contributed by atoms with Crippen molar-refractivity contribution in [2.24, 2.45) is 7.05 Å². The summed E-state index contributed by atoms with van der Waals surface area (Å²) in [6, 6.07) is 18.8. The van der Waals surface area contributed by atoms with Crippen molar-refractivity contribution in [3.05, 3.63) is 72.7 Å². The first-order valence-corrected chi connectivity index (χ1v) is 8.38. The van der Waals surface area contributed by atoms with Gasteiger partial charge in [-0.15, -0.1) is 0 Å². The second-order valence-corrected chi connectivity index (χ2v) is 6.42. The monoisotopic (exact) mass is 325 g/mol. The Bertz CT molecular complexity index is 1270. The molecule has 0 amide bonds. The van der Waals surface area contributed by atoms with Crippen molar-refractivity contribution < 1.29 is 8.98 Å². The lowest BCUT2D eigenvalue weighted by atomic mass is 10.0. The number of pyridine rings is 2. The fourth-order valence-electron chi connectivity index (χ4n) is 3.63. The third kappa shape index (κ3) is 1.99. The third-order valence-electron chi connectivity index (χ3n) is 4.91. The van der Waals surface area contributed by atoms with Gasteiger partial charge in [0, 0.05) is 34.5 Å². The van der Waals surface area contributed by atoms with Crippen LogP contribution in [-0.4, -0.2) is 4.98 Å². The molecule has 3 aromatic heterocycles. The smallest absolute Gasteiger partial charge is 0.217 e. The Morgan fingerprint density at radius 2 is 1.68 bits per heavy atom. The van der Waals surface area contributed by atoms with Crippen molar-refractivity contribution in [2.45, 2.75) is 6.92 Å². The number of hydrogen-bond acceptors (Lipinski definition) is 2. The Hall–Kier alpha value is -3.20. The van der Waals surface area contributed by atoms with Crippen molar-refractivity contribution in [3.8, 4) is 11.3 Å². The van der Waals surface area contributed by atoms with Gasteiger partial charge in [-0.2, -0.15) is 0 Å². The first-order valence-electron chi connectivity index (χ1n) is 8.38. The van der Waals surface area contributed by atoms with Crippen LogP contribution in [0.1, 0.15) is 5.69 Å². The topological polar surface area (TPSA) is 29.9 Å². The molecule has 3 heterocycles. The Kier molecular flexibility index (Phi) is 2.92. The summed E-state index contributed by atoms with van der Waals surface area (Å²) in [6.45, 7) is 2.03. The van der Waals surface area contributed by atoms with Crippen LogP contribution >= 0.6 is 0 Å². The van der Waals surface area contributed by atoms with E-state index in [4.69, 9.17) is 4.42 Å². The van der Waals surface area contributed by atoms with Gasteiger partial charge in [0.25, 0.3) is 0 Å². The number of aryl methyl sites for hydroxylation is 2. The fourth-order valence-corrected chi connectivity index (χ4v) is 3.63. The van der Waals surface area contributed by atoms with E-state index in [0.29, 0.717) is 0 Å². The molecule has 5 aromatic rings. The first kappa shape index (κ1) is 14.2. The predicted molar refractivity (Wildman–Crippen MR) is 100 cm³/mol. The van der Waals surface area contributed by atoms with Gasteiger partial charge in [0.15, 0.2) is 11.8 Å². The van der Waals surface area contributed by atoms with E-state index in [2.05, 4.69) is 52.0 Å². The number of hydrogen-bond donors (Lipinski definition) is 0. The van der Waals surface area contributed by atoms with E-state index in [1.54, 1.807) is 0 Å². The zero-order chi connectivity index (χ0) is 17.0. The molecule has 0 spiro atoms. The van der Waals surface area contributed by atoms with E-state index in [1.807, 2.05) is 38.5 Å². The fraction of sp³-hybridized carbons (Fsp3) is 0.0909. The molecule has 3 heteroatoms. The molecule has 120 valence electrons. The molecule has 0 unspecified atom stereocenters. The van der Waals surface area contributed by atoms with Crippen molar-refractivity contribution >= 4 is 32.7 Å². The molecule has 0 aliphatic heterocycles. The standard InChI is InChI=1S/C22H17N2O/c1-14-20(19-9-5-6-12-24(19)2)22-18(13-23-14)17-11-10-15-7-3-4-8-16(15)21(17)25-22/h3-13H,1-2H3/q+1. The van der Waals surface area contributed by atoms with Crippen molar-refractivity contribution in [1.82, 2.24) is 4.98 Å². The van der Waals surface area contributed by atoms with Crippen LogP contribution < -0.4 is 4.57 Å². The molecule has 3 nitrogen and oxygen atoms in total. The summed E-state index contributed by atoms with van der Waals surface area (Å²) in [5, 5.41) is 4.49. The number of fused-ring (bicyclic) bond motifs is 5. The molecule has 0 saturated heterocycles. The van der Waals surface area contributed by atoms with Gasteiger partial charge < -0.3 is 4.42 Å². The van der Waals surface area contributed by atoms with Crippen LogP contribution in [0.25, 0.3) is 44.0 Å². The largest absolute Gasteiger partial charge is 0.454 e. The summed E-state index contributed by atoms with van der Waals surface area (Å²) in [4.78, 5) is 4.65. The van der Waals surface area contributed by atoms with E-state index in [1.165, 1.54) is 5.39 Å². The second kappa shape index (κ2) is 5.15. The SMILES string of the molecule is Cc1ncc2c(oc3c4ccccc4ccc23)c1-c1cccc[n+]1C. The lowest BCUT2D eigenvalue weighted by Crippen LogP contribution is -2.30. The lowest BCUT2D eigenvalue weighted by molar-refractivity contribution is -0.660. The average molecular weight is 325 g/mol. The first-order chi connectivity index (χ1) is 12.2. The molecule has 0 N–H and O–H groups in total. The highest BCUT2D eigenvalue weighted by atomic mass is 16.3. The Morgan fingerprint density at radius 3 is 2.56 bits per heavy atom. The van der Waals surface area contributed by atoms with Crippen LogP contribution in [0.4, 0.5) is 0 Å². The van der Waals surface area contributed by atoms with E-state index >= 15 is 0 Å². The van der Waals surface area contributed by atoms with Crippen molar-refractivity contribution in [3.63, 3.8) is 0 Å². The summed E-state index contributed by atoms with van der Waals surface area (Å²) >= 11 is 0. The van der Waals surface area contributed by atoms with E-state index < -0.39 is 0 Å². The molecule has 5 rings (SSSR count). The van der Waals surface area contributed by atoms with Crippen LogP contribution in [0.2, 0.25) is 0 Å². The van der Waals surface area contributed by atoms with Crippen molar-refractivity contribution in [1.29, 1.82) is 0 Å². The van der Waals surface area contributed by atoms with Crippen LogP contribution in [0.5, 0.6) is 0 Å². The zero-order valence-electron chi connectivity index (χ0n) is 14.2. The van der Waals surface area contributed by atoms with Gasteiger partial charge in [0.05, 0.1) is 5.69 Å². The van der Waals surface area contributed by atoms with E-state index in [9.17, 15) is 0 Å². The normalized spacial score (nSPS) is 11.6. The summed E-state index contributed by atoms with van der Waals surface area (Å²) in [5.41, 5.74) is 4.96. The molecule has 2 aromatic carbocycles. The van der Waals surface area contributed by atoms with Gasteiger partial charge in [0.1, 0.15) is 18.2 Å². The van der Waals surface area contributed by atoms with Gasteiger partial charge in [-0.25, -0.2) is 4.57 Å². The maximum atomic E-state index is 6.43. The molecule has 0 atom stereocenters. The minimum absolute atomic E-state index is 0.903. The van der Waals surface area contributed by atoms with Crippen LogP contribution in [0.15, 0.2) is 71.4 Å². The Balaban J connectivity index is 1.98. The number of furan rings is 1. The molecule has 25 heavy (non-hydrogen) atoms. The molecule has 0 fully saturated rings. The van der Waals surface area contributed by atoms with Gasteiger partial charge in [-0.1, -0.05) is 30.3 Å². The Morgan fingerprint density at radius 1 is 0.840 bits per heavy atom. The number of nitrogens with zero attached hydrogens (tertiary/aromatic N) is 2. The number of rotatable bonds is 1. The summed E-state index contributed by atoms with van der Waals surface area (Å²) in [7, 11) is 2.05. The predicted octanol–water partition coefficient (Wildman–Crippen LogP) is 4.93. The minimum Gasteiger partial charge on any atom is -0.454 e. The summed E-state index contributed by atoms with van der Waals surface area (Å²) in [5.74, 6) is 0. The lowest BCUT2D eigenvalue weighted by Gasteiger charge is -2.04. The molecule has 0 bridgehead atoms. The van der Waals surface area contributed by atoms with Crippen molar-refractivity contribution in [2.75, 3.05) is 0 Å². The highest BCUT2D eigenvalue weighted by Gasteiger charge is 2.21. The second-order valence-electron chi connectivity index (χ2n) is 6.42. The minimum atomic E-state index is 0.903. The quantitative estimate of drug-likeness (QED) is 0.409. The average Bonchev–Trinajstić information content (AvgIpc) is 3.01. The Labute approximate surface area is 145 Å². The number of benzene rings is 2. The van der Waals surface area contributed by atoms with Gasteiger partial charge >= 0.3 is 0 Å². The molecule has 0 radical (unpaired) electrons. The van der Waals surface area contributed by atoms with Crippen LogP contribution in [0, 0.1) is 6.92 Å². The summed E-state index contributed by atoms with van der Waals surface area (Å²) < 4.78 is 8.54. The summed E-state index contributed by atoms with van der Waals surface area (Å²) in [6.07, 6.45) is 3.98. The molecule has 0 aliphatic carbocycles. The van der Waals surface area contributed by atoms with Crippen LogP contribution in [0.3, 0.4) is 0 Å². The molecular weight excluding hydrogens is 308 g/mol. The van der Waals surface area contributed by atoms with E-state index in [0.717, 1.165) is 44.3 Å². The maximum absolute atomic E-state index is 6.43. The number of aromatic nitrogens is 2. The highest BCUT2D eigenvalue weighted by molar-refractivity contribution is 6.16. The molecular formula is C22H17N2O+. The zero-order valence-corrected chi connectivity index (χ0v) is 14.2. The third-order valence-corrected chi connectivity index (χ3v) is 4.91. The van der Waals surface area contributed by atoms with Gasteiger partial charge in [-0.05, 0) is 24.4 Å².